The van der Waals surface area contributed by atoms with E-state index in [1.165, 1.54) is 225 Å². The van der Waals surface area contributed by atoms with Crippen LogP contribution in [0.15, 0.2) is 109 Å². The van der Waals surface area contributed by atoms with Crippen molar-refractivity contribution in [1.82, 2.24) is 5.32 Å². The van der Waals surface area contributed by atoms with Crippen molar-refractivity contribution in [3.8, 4) is 0 Å². The van der Waals surface area contributed by atoms with E-state index in [1.54, 1.807) is 6.08 Å². The van der Waals surface area contributed by atoms with E-state index in [2.05, 4.69) is 116 Å². The number of hydrogen-bond acceptors (Lipinski definition) is 13. The number of carbonyl (C=O) groups excluding carboxylic acids is 1. The number of carbonyl (C=O) groups is 1. The lowest BCUT2D eigenvalue weighted by molar-refractivity contribution is -0.359. The van der Waals surface area contributed by atoms with Crippen LogP contribution in [0.4, 0.5) is 0 Å². The largest absolute Gasteiger partial charge is 0.394 e. The number of rotatable bonds is 69. The Labute approximate surface area is 616 Å². The Balaban J connectivity index is 1.61. The highest BCUT2D eigenvalue weighted by Gasteiger charge is 2.51. The molecule has 12 unspecified atom stereocenters. The summed E-state index contributed by atoms with van der Waals surface area (Å²) in [7, 11) is 0. The molecule has 12 atom stereocenters. The summed E-state index contributed by atoms with van der Waals surface area (Å²) in [5.41, 5.74) is 0. The van der Waals surface area contributed by atoms with Crippen molar-refractivity contribution in [1.29, 1.82) is 0 Å². The van der Waals surface area contributed by atoms with Gasteiger partial charge < -0.3 is 65.1 Å². The second-order valence-electron chi connectivity index (χ2n) is 28.9. The third kappa shape index (κ3) is 52.3. The molecule has 0 aromatic heterocycles. The smallest absolute Gasteiger partial charge is 0.220 e. The number of amides is 1. The summed E-state index contributed by atoms with van der Waals surface area (Å²) in [6.07, 6.45) is 84.5. The molecule has 0 saturated carbocycles. The number of aliphatic hydroxyl groups is 8. The lowest BCUT2D eigenvalue weighted by atomic mass is 9.97. The van der Waals surface area contributed by atoms with E-state index in [1.807, 2.05) is 6.08 Å². The molecule has 2 heterocycles. The Hall–Kier alpha value is -3.35. The number of nitrogens with one attached hydrogen (secondary N) is 1. The van der Waals surface area contributed by atoms with Gasteiger partial charge in [-0.05, 0) is 83.5 Å². The van der Waals surface area contributed by atoms with Gasteiger partial charge in [0.25, 0.3) is 0 Å². The quantitative estimate of drug-likeness (QED) is 0.0204. The fraction of sp³-hybridized carbons (Fsp3) is 0.782. The summed E-state index contributed by atoms with van der Waals surface area (Å²) in [4.78, 5) is 13.4. The second-order valence-corrected chi connectivity index (χ2v) is 28.9. The fourth-order valence-corrected chi connectivity index (χ4v) is 13.2. The molecule has 0 aliphatic carbocycles. The lowest BCUT2D eigenvalue weighted by Gasteiger charge is -2.46. The molecule has 9 N–H and O–H groups in total. The molecule has 14 nitrogen and oxygen atoms in total. The summed E-state index contributed by atoms with van der Waals surface area (Å²) >= 11 is 0. The van der Waals surface area contributed by atoms with Crippen LogP contribution in [-0.4, -0.2) is 140 Å². The topological polar surface area (TPSA) is 228 Å². The molecule has 2 aliphatic rings. The van der Waals surface area contributed by atoms with Crippen molar-refractivity contribution in [2.75, 3.05) is 19.8 Å². The number of allylic oxidation sites excluding steroid dienone is 17. The molecule has 0 aromatic carbocycles. The molecule has 0 bridgehead atoms. The fourth-order valence-electron chi connectivity index (χ4n) is 13.2. The average molecular weight is 1420 g/mol. The Kier molecular flexibility index (Phi) is 64.7. The maximum absolute atomic E-state index is 13.4. The van der Waals surface area contributed by atoms with E-state index < -0.39 is 86.8 Å². The lowest BCUT2D eigenvalue weighted by Crippen LogP contribution is -2.65. The highest BCUT2D eigenvalue weighted by atomic mass is 16.7. The predicted octanol–water partition coefficient (Wildman–Crippen LogP) is 19.4. The van der Waals surface area contributed by atoms with Crippen LogP contribution < -0.4 is 5.32 Å². The van der Waals surface area contributed by atoms with Gasteiger partial charge in [-0.15, -0.1) is 0 Å². The highest BCUT2D eigenvalue weighted by molar-refractivity contribution is 5.76. The van der Waals surface area contributed by atoms with Gasteiger partial charge in [0.15, 0.2) is 12.6 Å². The van der Waals surface area contributed by atoms with Crippen LogP contribution >= 0.6 is 0 Å². The molecule has 584 valence electrons. The van der Waals surface area contributed by atoms with E-state index in [4.69, 9.17) is 18.9 Å². The maximum Gasteiger partial charge on any atom is 0.220 e. The highest BCUT2D eigenvalue weighted by Crippen LogP contribution is 2.30. The van der Waals surface area contributed by atoms with E-state index in [9.17, 15) is 45.6 Å². The number of aliphatic hydroxyl groups excluding tert-OH is 8. The Morgan fingerprint density at radius 2 is 0.683 bits per heavy atom. The number of unbranched alkanes of at least 4 members (excludes halogenated alkanes) is 40. The van der Waals surface area contributed by atoms with Gasteiger partial charge in [0.1, 0.15) is 48.8 Å². The minimum Gasteiger partial charge on any atom is -0.394 e. The van der Waals surface area contributed by atoms with E-state index in [0.29, 0.717) is 6.42 Å². The normalized spacial score (nSPS) is 22.3. The minimum atomic E-state index is -1.79. The van der Waals surface area contributed by atoms with Gasteiger partial charge in [-0.2, -0.15) is 0 Å². The summed E-state index contributed by atoms with van der Waals surface area (Å²) in [5, 5.41) is 87.8. The van der Waals surface area contributed by atoms with Gasteiger partial charge in [0, 0.05) is 6.42 Å². The first-order valence-electron chi connectivity index (χ1n) is 41.6. The molecule has 1 amide bonds. The van der Waals surface area contributed by atoms with E-state index >= 15 is 0 Å². The van der Waals surface area contributed by atoms with Crippen LogP contribution in [0, 0.1) is 0 Å². The van der Waals surface area contributed by atoms with Crippen molar-refractivity contribution in [2.24, 2.45) is 0 Å². The van der Waals surface area contributed by atoms with E-state index in [0.717, 1.165) is 89.9 Å². The van der Waals surface area contributed by atoms with Crippen molar-refractivity contribution in [2.45, 2.75) is 415 Å². The van der Waals surface area contributed by atoms with Crippen LogP contribution in [0.5, 0.6) is 0 Å². The van der Waals surface area contributed by atoms with Gasteiger partial charge in [0.2, 0.25) is 5.91 Å². The van der Waals surface area contributed by atoms with Crippen LogP contribution in [0.25, 0.3) is 0 Å². The Morgan fingerprint density at radius 3 is 1.05 bits per heavy atom. The van der Waals surface area contributed by atoms with Gasteiger partial charge in [-0.3, -0.25) is 4.79 Å². The first-order valence-corrected chi connectivity index (χ1v) is 41.6. The van der Waals surface area contributed by atoms with Crippen molar-refractivity contribution in [3.63, 3.8) is 0 Å². The standard InChI is InChI=1S/C87H153NO13/c1-3-5-7-9-11-13-15-17-19-21-23-25-27-29-31-33-34-35-36-37-38-39-40-41-42-43-45-47-49-51-53-55-57-59-61-63-65-67-69-71-79(92)88-75(74-98-86-84(97)82(95)85(78(73-90)100-86)101-87-83(96)81(94)80(93)77(72-89)99-87)76(91)70-68-66-64-62-60-58-56-54-52-50-48-46-44-32-30-28-26-24-22-20-18-16-14-12-10-8-6-4-2/h5,7,11,13,17,19,23,25,29,31,34-35,37-38,40-41,68,70,75-78,80-87,89-91,93-97H,3-4,6,8-10,12,14-16,18,20-22,24,26-28,30,32-33,36,39,42-67,69,71-74H2,1-2H3,(H,88,92)/b7-5-,13-11-,19-17-,25-23-,31-29-,35-34-,38-37-,41-40-,70-68+. The van der Waals surface area contributed by atoms with Crippen LogP contribution in [-0.2, 0) is 23.7 Å². The van der Waals surface area contributed by atoms with Gasteiger partial charge in [-0.25, -0.2) is 0 Å². The zero-order valence-electron chi connectivity index (χ0n) is 64.1. The van der Waals surface area contributed by atoms with Crippen molar-refractivity contribution in [3.05, 3.63) is 109 Å². The minimum absolute atomic E-state index is 0.239. The zero-order chi connectivity index (χ0) is 73.0. The molecule has 101 heavy (non-hydrogen) atoms. The molecule has 2 saturated heterocycles. The van der Waals surface area contributed by atoms with Gasteiger partial charge in [0.05, 0.1) is 32.0 Å². The van der Waals surface area contributed by atoms with Gasteiger partial charge in [-0.1, -0.05) is 361 Å². The summed E-state index contributed by atoms with van der Waals surface area (Å²) in [6, 6.07) is -0.923. The van der Waals surface area contributed by atoms with Crippen molar-refractivity contribution < 1.29 is 64.6 Å². The average Bonchev–Trinajstić information content (AvgIpc) is 0.790. The maximum atomic E-state index is 13.4. The molecule has 0 radical (unpaired) electrons. The SMILES string of the molecule is CC/C=C\C/C=C\C/C=C\C/C=C\C/C=C\C/C=C\C/C=C\C/C=C\CCCCCCCCCCCCCCCCC(=O)NC(COC1OC(CO)C(OC2OC(CO)C(O)C(O)C2O)C(O)C1O)C(O)/C=C/CCCCCCCCCCCCCCCCCCCCCCCCCCCC. The number of ether oxygens (including phenoxy) is 4. The molecule has 0 aromatic rings. The van der Waals surface area contributed by atoms with Crippen LogP contribution in [0.1, 0.15) is 341 Å². The van der Waals surface area contributed by atoms with Crippen LogP contribution in [0.3, 0.4) is 0 Å². The van der Waals surface area contributed by atoms with Crippen LogP contribution in [0.2, 0.25) is 0 Å². The Bertz CT molecular complexity index is 2120. The monoisotopic (exact) mass is 1420 g/mol. The Morgan fingerprint density at radius 1 is 0.366 bits per heavy atom. The number of hydrogen-bond donors (Lipinski definition) is 9. The molecular formula is C87H153NO13. The molecule has 2 aliphatic heterocycles. The zero-order valence-corrected chi connectivity index (χ0v) is 64.1. The second kappa shape index (κ2) is 69.7. The van der Waals surface area contributed by atoms with Gasteiger partial charge >= 0.3 is 0 Å². The molecule has 0 spiro atoms. The molecule has 2 rings (SSSR count). The third-order valence-corrected chi connectivity index (χ3v) is 19.7. The molecule has 14 heteroatoms. The summed E-state index contributed by atoms with van der Waals surface area (Å²) in [5.74, 6) is -0.239. The predicted molar refractivity (Wildman–Crippen MR) is 419 cm³/mol. The molecule has 2 fully saturated rings. The third-order valence-electron chi connectivity index (χ3n) is 19.7. The van der Waals surface area contributed by atoms with E-state index in [-0.39, 0.29) is 18.9 Å². The first-order chi connectivity index (χ1) is 49.6. The summed E-state index contributed by atoms with van der Waals surface area (Å²) < 4.78 is 22.9. The summed E-state index contributed by atoms with van der Waals surface area (Å²) in [6.45, 7) is 2.73. The van der Waals surface area contributed by atoms with Crippen molar-refractivity contribution >= 4 is 5.91 Å². The molecular weight excluding hydrogens is 1270 g/mol. The first kappa shape index (κ1) is 93.7.